The Labute approximate surface area is 123 Å². The molecular formula is C15H19N3O3. The summed E-state index contributed by atoms with van der Waals surface area (Å²) in [6.07, 6.45) is 1.06. The Kier molecular flexibility index (Phi) is 4.37. The van der Waals surface area contributed by atoms with E-state index in [1.165, 1.54) is 7.11 Å². The highest BCUT2D eigenvalue weighted by atomic mass is 16.5. The number of benzene rings is 1. The minimum absolute atomic E-state index is 0.0653. The average Bonchev–Trinajstić information content (AvgIpc) is 2.49. The summed E-state index contributed by atoms with van der Waals surface area (Å²) in [5, 5.41) is 6.83. The van der Waals surface area contributed by atoms with Crippen molar-refractivity contribution in [1.82, 2.24) is 5.43 Å². The van der Waals surface area contributed by atoms with Gasteiger partial charge in [0.2, 0.25) is 5.91 Å². The van der Waals surface area contributed by atoms with Gasteiger partial charge < -0.3 is 10.1 Å². The van der Waals surface area contributed by atoms with Crippen molar-refractivity contribution < 1.29 is 14.3 Å². The van der Waals surface area contributed by atoms with Gasteiger partial charge in [0.1, 0.15) is 5.60 Å². The Balaban J connectivity index is 2.06. The van der Waals surface area contributed by atoms with Gasteiger partial charge in [-0.15, -0.1) is 0 Å². The molecule has 2 N–H and O–H groups in total. The highest BCUT2D eigenvalue weighted by molar-refractivity contribution is 6.04. The van der Waals surface area contributed by atoms with E-state index in [9.17, 15) is 9.59 Å². The lowest BCUT2D eigenvalue weighted by Gasteiger charge is -2.21. The molecule has 2 amide bonds. The second kappa shape index (κ2) is 6.05. The van der Waals surface area contributed by atoms with Crippen LogP contribution in [0.1, 0.15) is 32.3 Å². The van der Waals surface area contributed by atoms with Gasteiger partial charge in [-0.05, 0) is 31.5 Å². The minimum atomic E-state index is -0.879. The van der Waals surface area contributed by atoms with Crippen molar-refractivity contribution in [3.8, 4) is 0 Å². The van der Waals surface area contributed by atoms with E-state index in [1.54, 1.807) is 26.0 Å². The van der Waals surface area contributed by atoms with E-state index in [2.05, 4.69) is 15.8 Å². The molecule has 0 aliphatic carbocycles. The number of hydrogen-bond acceptors (Lipinski definition) is 4. The van der Waals surface area contributed by atoms with Gasteiger partial charge in [-0.2, -0.15) is 5.10 Å². The van der Waals surface area contributed by atoms with Crippen LogP contribution in [0.15, 0.2) is 29.4 Å². The third-order valence-corrected chi connectivity index (χ3v) is 3.44. The molecule has 6 heteroatoms. The number of ether oxygens (including phenoxy) is 1. The van der Waals surface area contributed by atoms with Gasteiger partial charge in [-0.25, -0.2) is 5.43 Å². The van der Waals surface area contributed by atoms with Gasteiger partial charge >= 0.3 is 0 Å². The topological polar surface area (TPSA) is 79.8 Å². The van der Waals surface area contributed by atoms with Crippen molar-refractivity contribution in [3.05, 3.63) is 29.8 Å². The van der Waals surface area contributed by atoms with Gasteiger partial charge in [-0.1, -0.05) is 12.1 Å². The van der Waals surface area contributed by atoms with Crippen molar-refractivity contribution in [3.63, 3.8) is 0 Å². The molecule has 112 valence electrons. The zero-order valence-corrected chi connectivity index (χ0v) is 12.4. The fourth-order valence-corrected chi connectivity index (χ4v) is 1.80. The first-order chi connectivity index (χ1) is 9.92. The first kappa shape index (κ1) is 15.2. The van der Waals surface area contributed by atoms with Crippen molar-refractivity contribution in [2.45, 2.75) is 32.3 Å². The first-order valence-corrected chi connectivity index (χ1v) is 6.75. The quantitative estimate of drug-likeness (QED) is 0.884. The summed E-state index contributed by atoms with van der Waals surface area (Å²) in [5.74, 6) is -0.274. The van der Waals surface area contributed by atoms with Gasteiger partial charge in [0.15, 0.2) is 0 Å². The number of methoxy groups -OCH3 is 1. The third kappa shape index (κ3) is 3.66. The molecule has 0 saturated heterocycles. The van der Waals surface area contributed by atoms with Crippen LogP contribution in [-0.4, -0.2) is 30.2 Å². The number of nitrogens with one attached hydrogen (secondary N) is 2. The van der Waals surface area contributed by atoms with E-state index in [4.69, 9.17) is 4.74 Å². The molecule has 1 heterocycles. The van der Waals surface area contributed by atoms with E-state index >= 15 is 0 Å². The number of anilines is 1. The number of carbonyl (C=O) groups is 2. The standard InChI is InChI=1S/C15H19N3O3/c1-15(2,21-3)14(20)16-11-6-4-10(5-7-11)12-8-9-13(19)18-17-12/h4-7H,8-9H2,1-3H3,(H,16,20)(H,18,19). The Hall–Kier alpha value is -2.21. The fourth-order valence-electron chi connectivity index (χ4n) is 1.80. The molecule has 1 aromatic rings. The molecular weight excluding hydrogens is 270 g/mol. The third-order valence-electron chi connectivity index (χ3n) is 3.44. The first-order valence-electron chi connectivity index (χ1n) is 6.75. The van der Waals surface area contributed by atoms with Crippen molar-refractivity contribution in [2.75, 3.05) is 12.4 Å². The molecule has 0 radical (unpaired) electrons. The lowest BCUT2D eigenvalue weighted by molar-refractivity contribution is -0.133. The van der Waals surface area contributed by atoms with Crippen LogP contribution in [0.2, 0.25) is 0 Å². The zero-order valence-electron chi connectivity index (χ0n) is 12.4. The summed E-state index contributed by atoms with van der Waals surface area (Å²) in [6.45, 7) is 3.41. The van der Waals surface area contributed by atoms with Gasteiger partial charge in [-0.3, -0.25) is 9.59 Å². The average molecular weight is 289 g/mol. The summed E-state index contributed by atoms with van der Waals surface area (Å²) < 4.78 is 5.13. The molecule has 0 atom stereocenters. The van der Waals surface area contributed by atoms with Crippen LogP contribution in [0.4, 0.5) is 5.69 Å². The summed E-state index contributed by atoms with van der Waals surface area (Å²) in [4.78, 5) is 23.0. The molecule has 2 rings (SSSR count). The molecule has 6 nitrogen and oxygen atoms in total. The molecule has 21 heavy (non-hydrogen) atoms. The maximum atomic E-state index is 12.0. The lowest BCUT2D eigenvalue weighted by atomic mass is 10.0. The molecule has 0 bridgehead atoms. The number of rotatable bonds is 4. The monoisotopic (exact) mass is 289 g/mol. The summed E-state index contributed by atoms with van der Waals surface area (Å²) in [6, 6.07) is 7.34. The molecule has 1 aliphatic heterocycles. The largest absolute Gasteiger partial charge is 0.369 e. The maximum absolute atomic E-state index is 12.0. The molecule has 0 unspecified atom stereocenters. The van der Waals surface area contributed by atoms with Gasteiger partial charge in [0.25, 0.3) is 5.91 Å². The van der Waals surface area contributed by atoms with Crippen LogP contribution in [0.25, 0.3) is 0 Å². The Bertz CT molecular complexity index is 576. The predicted molar refractivity (Wildman–Crippen MR) is 80.1 cm³/mol. The highest BCUT2D eigenvalue weighted by Crippen LogP contribution is 2.16. The highest BCUT2D eigenvalue weighted by Gasteiger charge is 2.26. The van der Waals surface area contributed by atoms with E-state index in [-0.39, 0.29) is 11.8 Å². The van der Waals surface area contributed by atoms with Gasteiger partial charge in [0.05, 0.1) is 5.71 Å². The zero-order chi connectivity index (χ0) is 15.5. The molecule has 0 saturated carbocycles. The van der Waals surface area contributed by atoms with Crippen LogP contribution in [0.5, 0.6) is 0 Å². The van der Waals surface area contributed by atoms with Crippen molar-refractivity contribution in [2.24, 2.45) is 5.10 Å². The second-order valence-electron chi connectivity index (χ2n) is 5.34. The maximum Gasteiger partial charge on any atom is 0.256 e. The lowest BCUT2D eigenvalue weighted by Crippen LogP contribution is -2.38. The van der Waals surface area contributed by atoms with Crippen LogP contribution in [0, 0.1) is 0 Å². The molecule has 0 fully saturated rings. The Morgan fingerprint density at radius 1 is 1.29 bits per heavy atom. The normalized spacial score (nSPS) is 15.2. The molecule has 0 aromatic heterocycles. The van der Waals surface area contributed by atoms with E-state index in [0.717, 1.165) is 11.3 Å². The minimum Gasteiger partial charge on any atom is -0.369 e. The Morgan fingerprint density at radius 2 is 1.95 bits per heavy atom. The van der Waals surface area contributed by atoms with E-state index in [0.29, 0.717) is 18.5 Å². The van der Waals surface area contributed by atoms with Crippen molar-refractivity contribution >= 4 is 23.2 Å². The summed E-state index contributed by atoms with van der Waals surface area (Å²) >= 11 is 0. The van der Waals surface area contributed by atoms with E-state index < -0.39 is 5.60 Å². The SMILES string of the molecule is COC(C)(C)C(=O)Nc1ccc(C2=NNC(=O)CC2)cc1. The number of carbonyl (C=O) groups excluding carboxylic acids is 2. The number of nitrogens with zero attached hydrogens (tertiary/aromatic N) is 1. The number of hydrogen-bond donors (Lipinski definition) is 2. The van der Waals surface area contributed by atoms with Crippen molar-refractivity contribution in [1.29, 1.82) is 0 Å². The van der Waals surface area contributed by atoms with Crippen LogP contribution >= 0.6 is 0 Å². The smallest absolute Gasteiger partial charge is 0.256 e. The molecule has 1 aromatic carbocycles. The second-order valence-corrected chi connectivity index (χ2v) is 5.34. The summed E-state index contributed by atoms with van der Waals surface area (Å²) in [5.41, 5.74) is 4.05. The Morgan fingerprint density at radius 3 is 2.48 bits per heavy atom. The summed E-state index contributed by atoms with van der Waals surface area (Å²) in [7, 11) is 1.50. The van der Waals surface area contributed by atoms with E-state index in [1.807, 2.05) is 12.1 Å². The number of amides is 2. The van der Waals surface area contributed by atoms with Crippen LogP contribution in [0.3, 0.4) is 0 Å². The van der Waals surface area contributed by atoms with Crippen LogP contribution < -0.4 is 10.7 Å². The van der Waals surface area contributed by atoms with Crippen LogP contribution in [-0.2, 0) is 14.3 Å². The number of hydrazone groups is 1. The van der Waals surface area contributed by atoms with Gasteiger partial charge in [0, 0.05) is 25.6 Å². The predicted octanol–water partition coefficient (Wildman–Crippen LogP) is 1.66. The fraction of sp³-hybridized carbons (Fsp3) is 0.400. The molecule has 0 spiro atoms. The molecule has 1 aliphatic rings.